The van der Waals surface area contributed by atoms with Gasteiger partial charge >= 0.3 is 6.03 Å². The maximum absolute atomic E-state index is 11.6. The minimum atomic E-state index is -0.387. The van der Waals surface area contributed by atoms with Gasteiger partial charge in [0.15, 0.2) is 0 Å². The fourth-order valence-electron chi connectivity index (χ4n) is 3.92. The van der Waals surface area contributed by atoms with E-state index >= 15 is 0 Å². The maximum atomic E-state index is 11.6. The van der Waals surface area contributed by atoms with Crippen LogP contribution in [0.5, 0.6) is 0 Å². The van der Waals surface area contributed by atoms with Gasteiger partial charge in [-0.15, -0.1) is 0 Å². The van der Waals surface area contributed by atoms with E-state index in [1.54, 1.807) is 29.9 Å². The van der Waals surface area contributed by atoms with Crippen molar-refractivity contribution in [3.8, 4) is 0 Å². The van der Waals surface area contributed by atoms with Crippen LogP contribution in [-0.4, -0.2) is 32.6 Å². The fraction of sp³-hybridized carbons (Fsp3) is 0.600. The van der Waals surface area contributed by atoms with Crippen LogP contribution in [-0.2, 0) is 7.05 Å². The van der Waals surface area contributed by atoms with Gasteiger partial charge in [-0.3, -0.25) is 9.36 Å². The van der Waals surface area contributed by atoms with E-state index in [4.69, 9.17) is 5.73 Å². The third-order valence-corrected chi connectivity index (χ3v) is 5.49. The zero-order chi connectivity index (χ0) is 19.9. The molecular weight excluding hydrogens is 356 g/mol. The van der Waals surface area contributed by atoms with Crippen molar-refractivity contribution < 1.29 is 4.79 Å². The number of aryl methyl sites for hydroxylation is 1. The number of hydrogen-bond donors (Lipinski definition) is 3. The first-order valence-electron chi connectivity index (χ1n) is 10.2. The molecule has 2 saturated carbocycles. The second-order valence-electron chi connectivity index (χ2n) is 7.67. The van der Waals surface area contributed by atoms with E-state index in [9.17, 15) is 9.59 Å². The Balaban J connectivity index is 0.000000211. The summed E-state index contributed by atoms with van der Waals surface area (Å²) in [5.41, 5.74) is 5.56. The number of hydrogen-bond acceptors (Lipinski definition) is 5. The molecule has 2 aliphatic rings. The zero-order valence-electron chi connectivity index (χ0n) is 16.5. The Bertz CT molecular complexity index is 853. The average molecular weight is 387 g/mol. The van der Waals surface area contributed by atoms with Crippen LogP contribution in [0.4, 0.5) is 10.7 Å². The summed E-state index contributed by atoms with van der Waals surface area (Å²) in [6.07, 6.45) is 12.6. The van der Waals surface area contributed by atoms with E-state index in [0.717, 1.165) is 18.2 Å². The molecular formula is C20H30N6O2. The number of nitrogens with two attached hydrogens (primary N) is 1. The van der Waals surface area contributed by atoms with Crippen molar-refractivity contribution >= 4 is 23.0 Å². The predicted molar refractivity (Wildman–Crippen MR) is 110 cm³/mol. The average Bonchev–Trinajstić information content (AvgIpc) is 3.19. The van der Waals surface area contributed by atoms with Crippen LogP contribution in [0.15, 0.2) is 23.1 Å². The van der Waals surface area contributed by atoms with Gasteiger partial charge in [0, 0.05) is 36.8 Å². The predicted octanol–water partition coefficient (Wildman–Crippen LogP) is 2.67. The second kappa shape index (κ2) is 9.52. The number of fused-ring (bicyclic) bond motifs is 1. The van der Waals surface area contributed by atoms with Gasteiger partial charge < -0.3 is 16.4 Å². The van der Waals surface area contributed by atoms with Crippen LogP contribution >= 0.6 is 0 Å². The molecule has 152 valence electrons. The molecule has 4 rings (SSSR count). The Morgan fingerprint density at radius 1 is 1.07 bits per heavy atom. The standard InChI is InChI=1S/C14H18N4O.C6H12N2O/c1-18-12(19)8-7-10-9-15-14(17-13(10)18)16-11-5-3-2-4-6-11;7-6(9)8-5-3-1-2-4-5/h7-9,11H,2-6H2,1H3,(H,15,16,17);5H,1-4H2,(H3,7,8,9). The third kappa shape index (κ3) is 5.43. The van der Waals surface area contributed by atoms with Crippen molar-refractivity contribution in [1.82, 2.24) is 19.9 Å². The molecule has 2 aliphatic carbocycles. The molecule has 2 heterocycles. The molecule has 4 N–H and O–H groups in total. The Hall–Kier alpha value is -2.64. The fourth-order valence-corrected chi connectivity index (χ4v) is 3.92. The quantitative estimate of drug-likeness (QED) is 0.750. The highest BCUT2D eigenvalue weighted by atomic mass is 16.2. The SMILES string of the molecule is Cn1c(=O)ccc2cnc(NC3CCCCC3)nc21.NC(=O)NC1CCCC1. The van der Waals surface area contributed by atoms with E-state index in [-0.39, 0.29) is 11.6 Å². The molecule has 2 amide bonds. The molecule has 0 aliphatic heterocycles. The van der Waals surface area contributed by atoms with Gasteiger partial charge in [-0.2, -0.15) is 4.98 Å². The van der Waals surface area contributed by atoms with Gasteiger partial charge in [-0.05, 0) is 31.7 Å². The summed E-state index contributed by atoms with van der Waals surface area (Å²) in [5, 5.41) is 6.95. The summed E-state index contributed by atoms with van der Waals surface area (Å²) < 4.78 is 1.56. The highest BCUT2D eigenvalue weighted by molar-refractivity contribution is 5.74. The van der Waals surface area contributed by atoms with E-state index in [1.807, 2.05) is 0 Å². The largest absolute Gasteiger partial charge is 0.352 e. The molecule has 2 aromatic rings. The number of nitrogens with zero attached hydrogens (tertiary/aromatic N) is 3. The van der Waals surface area contributed by atoms with Crippen molar-refractivity contribution in [3.05, 3.63) is 28.7 Å². The molecule has 0 spiro atoms. The van der Waals surface area contributed by atoms with Gasteiger partial charge in [-0.25, -0.2) is 9.78 Å². The van der Waals surface area contributed by atoms with Gasteiger partial charge in [0.1, 0.15) is 5.65 Å². The molecule has 0 radical (unpaired) electrons. The van der Waals surface area contributed by atoms with Gasteiger partial charge in [0.2, 0.25) is 5.95 Å². The number of carbonyl (C=O) groups is 1. The lowest BCUT2D eigenvalue weighted by molar-refractivity contribution is 0.245. The van der Waals surface area contributed by atoms with Crippen molar-refractivity contribution in [1.29, 1.82) is 0 Å². The van der Waals surface area contributed by atoms with Crippen LogP contribution in [0.25, 0.3) is 11.0 Å². The van der Waals surface area contributed by atoms with E-state index in [1.165, 1.54) is 44.9 Å². The van der Waals surface area contributed by atoms with E-state index in [2.05, 4.69) is 20.6 Å². The molecule has 28 heavy (non-hydrogen) atoms. The zero-order valence-corrected chi connectivity index (χ0v) is 16.5. The minimum absolute atomic E-state index is 0.0465. The highest BCUT2D eigenvalue weighted by Crippen LogP contribution is 2.20. The summed E-state index contributed by atoms with van der Waals surface area (Å²) in [6, 6.07) is 3.75. The molecule has 2 aromatic heterocycles. The number of urea groups is 1. The highest BCUT2D eigenvalue weighted by Gasteiger charge is 2.15. The third-order valence-electron chi connectivity index (χ3n) is 5.49. The van der Waals surface area contributed by atoms with Crippen molar-refractivity contribution in [2.45, 2.75) is 69.9 Å². The molecule has 8 nitrogen and oxygen atoms in total. The number of rotatable bonds is 3. The maximum Gasteiger partial charge on any atom is 0.312 e. The lowest BCUT2D eigenvalue weighted by Crippen LogP contribution is -2.36. The number of nitrogens with one attached hydrogen (secondary N) is 2. The van der Waals surface area contributed by atoms with E-state index in [0.29, 0.717) is 23.7 Å². The number of primary amides is 1. The first kappa shape index (κ1) is 20.1. The second-order valence-corrected chi connectivity index (χ2v) is 7.67. The molecule has 8 heteroatoms. The van der Waals surface area contributed by atoms with Gasteiger partial charge in [0.05, 0.1) is 0 Å². The lowest BCUT2D eigenvalue weighted by atomic mass is 9.96. The molecule has 0 aromatic carbocycles. The van der Waals surface area contributed by atoms with Crippen molar-refractivity contribution in [2.75, 3.05) is 5.32 Å². The van der Waals surface area contributed by atoms with Crippen LogP contribution in [0, 0.1) is 0 Å². The summed E-state index contributed by atoms with van der Waals surface area (Å²) in [5.74, 6) is 0.626. The number of pyridine rings is 1. The topological polar surface area (TPSA) is 115 Å². The molecule has 0 saturated heterocycles. The Labute approximate surface area is 164 Å². The normalized spacial score (nSPS) is 17.8. The molecule has 0 bridgehead atoms. The first-order chi connectivity index (χ1) is 13.5. The van der Waals surface area contributed by atoms with E-state index < -0.39 is 0 Å². The Kier molecular flexibility index (Phi) is 6.84. The number of aromatic nitrogens is 3. The van der Waals surface area contributed by atoms with Crippen molar-refractivity contribution in [2.24, 2.45) is 12.8 Å². The number of anilines is 1. The van der Waals surface area contributed by atoms with Gasteiger partial charge in [0.25, 0.3) is 5.56 Å². The smallest absolute Gasteiger partial charge is 0.312 e. The van der Waals surface area contributed by atoms with Crippen LogP contribution in [0.3, 0.4) is 0 Å². The van der Waals surface area contributed by atoms with Crippen LogP contribution < -0.4 is 21.9 Å². The summed E-state index contributed by atoms with van der Waals surface area (Å²) in [7, 11) is 1.74. The van der Waals surface area contributed by atoms with Gasteiger partial charge in [-0.1, -0.05) is 32.1 Å². The Morgan fingerprint density at radius 2 is 1.71 bits per heavy atom. The van der Waals surface area contributed by atoms with Crippen LogP contribution in [0.2, 0.25) is 0 Å². The first-order valence-corrected chi connectivity index (χ1v) is 10.2. The lowest BCUT2D eigenvalue weighted by Gasteiger charge is -2.22. The summed E-state index contributed by atoms with van der Waals surface area (Å²) in [4.78, 5) is 30.7. The number of amides is 2. The van der Waals surface area contributed by atoms with Crippen LogP contribution in [0.1, 0.15) is 57.8 Å². The molecule has 0 unspecified atom stereocenters. The number of carbonyl (C=O) groups excluding carboxylic acids is 1. The monoisotopic (exact) mass is 386 g/mol. The summed E-state index contributed by atoms with van der Waals surface area (Å²) in [6.45, 7) is 0. The molecule has 2 fully saturated rings. The minimum Gasteiger partial charge on any atom is -0.352 e. The summed E-state index contributed by atoms with van der Waals surface area (Å²) >= 11 is 0. The Morgan fingerprint density at radius 3 is 2.39 bits per heavy atom. The molecule has 0 atom stereocenters. The van der Waals surface area contributed by atoms with Crippen molar-refractivity contribution in [3.63, 3.8) is 0 Å².